The van der Waals surface area contributed by atoms with Crippen LogP contribution in [0.3, 0.4) is 0 Å². The van der Waals surface area contributed by atoms with Crippen molar-refractivity contribution in [3.05, 3.63) is 52.2 Å². The largest absolute Gasteiger partial charge is 0.391 e. The molecule has 0 amide bonds. The van der Waals surface area contributed by atoms with Crippen LogP contribution in [0.25, 0.3) is 0 Å². The molecule has 138 valence electrons. The van der Waals surface area contributed by atoms with Crippen molar-refractivity contribution in [2.45, 2.75) is 23.6 Å². The number of aliphatic hydroxyl groups excluding tert-OH is 1. The van der Waals surface area contributed by atoms with Crippen LogP contribution in [0.2, 0.25) is 5.02 Å². The molecular formula is C19H23ClN4OS. The maximum Gasteiger partial charge on any atom is 0.123 e. The van der Waals surface area contributed by atoms with Crippen molar-refractivity contribution in [2.75, 3.05) is 25.4 Å². The van der Waals surface area contributed by atoms with E-state index in [2.05, 4.69) is 27.4 Å². The van der Waals surface area contributed by atoms with Gasteiger partial charge in [-0.25, -0.2) is 0 Å². The minimum Gasteiger partial charge on any atom is -0.391 e. The van der Waals surface area contributed by atoms with Gasteiger partial charge in [-0.2, -0.15) is 0 Å². The van der Waals surface area contributed by atoms with E-state index in [1.807, 2.05) is 18.2 Å². The number of benzene rings is 1. The molecule has 1 fully saturated rings. The number of hydrogen-bond donors (Lipinski definition) is 3. The molecule has 1 saturated heterocycles. The highest BCUT2D eigenvalue weighted by Gasteiger charge is 2.33. The first-order valence-electron chi connectivity index (χ1n) is 8.85. The molecular weight excluding hydrogens is 368 g/mol. The van der Waals surface area contributed by atoms with Crippen LogP contribution in [-0.4, -0.2) is 54.0 Å². The third-order valence-electron chi connectivity index (χ3n) is 5.15. The molecule has 3 unspecified atom stereocenters. The highest BCUT2D eigenvalue weighted by atomic mass is 35.5. The molecule has 0 spiro atoms. The molecule has 4 N–H and O–H groups in total. The number of halogens is 1. The highest BCUT2D eigenvalue weighted by Crippen LogP contribution is 2.31. The molecule has 4 rings (SSSR count). The van der Waals surface area contributed by atoms with E-state index in [-0.39, 0.29) is 18.2 Å². The summed E-state index contributed by atoms with van der Waals surface area (Å²) in [6.45, 7) is 2.44. The Morgan fingerprint density at radius 1 is 1.38 bits per heavy atom. The van der Waals surface area contributed by atoms with E-state index in [0.29, 0.717) is 6.54 Å². The molecule has 5 nitrogen and oxygen atoms in total. The monoisotopic (exact) mass is 390 g/mol. The summed E-state index contributed by atoms with van der Waals surface area (Å²) in [6, 6.07) is 7.88. The van der Waals surface area contributed by atoms with Gasteiger partial charge in [-0.1, -0.05) is 23.7 Å². The van der Waals surface area contributed by atoms with Crippen molar-refractivity contribution in [3.63, 3.8) is 0 Å². The third kappa shape index (κ3) is 3.85. The Hall–Kier alpha value is -1.31. The van der Waals surface area contributed by atoms with Crippen molar-refractivity contribution in [1.29, 1.82) is 0 Å². The molecule has 1 aromatic carbocycles. The fraction of sp³-hybridized carbons (Fsp3) is 0.421. The van der Waals surface area contributed by atoms with Crippen LogP contribution >= 0.6 is 23.4 Å². The zero-order chi connectivity index (χ0) is 18.1. The second-order valence-corrected chi connectivity index (χ2v) is 8.52. The standard InChI is InChI=1S/C19H23ClN4OS/c20-14-2-1-3-15(6-14)26-10-13-8-24(9-17(13)25)7-12-4-5-16-18(12)22-11-23-19(16)21/h1-4,6,11,13,17,19,25H,5,7-10,21H2,(H,22,23). The predicted octanol–water partition coefficient (Wildman–Crippen LogP) is 2.23. The normalized spacial score (nSPS) is 28.3. The molecule has 2 aliphatic heterocycles. The fourth-order valence-electron chi connectivity index (χ4n) is 3.75. The van der Waals surface area contributed by atoms with Gasteiger partial charge < -0.3 is 16.2 Å². The van der Waals surface area contributed by atoms with E-state index < -0.39 is 0 Å². The van der Waals surface area contributed by atoms with E-state index in [0.717, 1.165) is 46.5 Å². The quantitative estimate of drug-likeness (QED) is 0.672. The zero-order valence-corrected chi connectivity index (χ0v) is 16.0. The van der Waals surface area contributed by atoms with Gasteiger partial charge >= 0.3 is 0 Å². The van der Waals surface area contributed by atoms with Crippen LogP contribution < -0.4 is 11.1 Å². The van der Waals surface area contributed by atoms with Crippen LogP contribution in [0.5, 0.6) is 0 Å². The molecule has 0 aromatic heterocycles. The summed E-state index contributed by atoms with van der Waals surface area (Å²) in [7, 11) is 0. The topological polar surface area (TPSA) is 73.9 Å². The minimum atomic E-state index is -0.291. The second-order valence-electron chi connectivity index (χ2n) is 6.99. The average Bonchev–Trinajstić information content (AvgIpc) is 3.18. The number of rotatable bonds is 5. The first kappa shape index (κ1) is 18.1. The first-order chi connectivity index (χ1) is 12.6. The Balaban J connectivity index is 1.33. The van der Waals surface area contributed by atoms with Gasteiger partial charge in [0.15, 0.2) is 0 Å². The van der Waals surface area contributed by atoms with Gasteiger partial charge in [-0.05, 0) is 35.8 Å². The van der Waals surface area contributed by atoms with Crippen molar-refractivity contribution >= 4 is 29.7 Å². The van der Waals surface area contributed by atoms with E-state index in [1.165, 1.54) is 5.57 Å². The summed E-state index contributed by atoms with van der Waals surface area (Å²) >= 11 is 7.81. The van der Waals surface area contributed by atoms with E-state index >= 15 is 0 Å². The summed E-state index contributed by atoms with van der Waals surface area (Å²) in [5.41, 5.74) is 9.59. The number of allylic oxidation sites excluding steroid dienone is 1. The van der Waals surface area contributed by atoms with Crippen molar-refractivity contribution in [2.24, 2.45) is 16.6 Å². The number of likely N-dealkylation sites (tertiary alicyclic amines) is 1. The average molecular weight is 391 g/mol. The van der Waals surface area contributed by atoms with E-state index in [1.54, 1.807) is 18.1 Å². The van der Waals surface area contributed by atoms with Gasteiger partial charge in [-0.15, -0.1) is 11.8 Å². The van der Waals surface area contributed by atoms with Crippen LogP contribution in [-0.2, 0) is 0 Å². The Morgan fingerprint density at radius 3 is 3.12 bits per heavy atom. The van der Waals surface area contributed by atoms with Gasteiger partial charge in [0.05, 0.1) is 12.4 Å². The van der Waals surface area contributed by atoms with Crippen molar-refractivity contribution in [1.82, 2.24) is 10.2 Å². The molecule has 0 saturated carbocycles. The van der Waals surface area contributed by atoms with Crippen LogP contribution in [0, 0.1) is 5.92 Å². The molecule has 1 aliphatic carbocycles. The predicted molar refractivity (Wildman–Crippen MR) is 107 cm³/mol. The van der Waals surface area contributed by atoms with Gasteiger partial charge in [0, 0.05) is 46.9 Å². The van der Waals surface area contributed by atoms with Gasteiger partial charge in [0.25, 0.3) is 0 Å². The van der Waals surface area contributed by atoms with Crippen LogP contribution in [0.15, 0.2) is 57.1 Å². The smallest absolute Gasteiger partial charge is 0.123 e. The summed E-state index contributed by atoms with van der Waals surface area (Å²) in [6.07, 6.45) is 4.25. The number of aliphatic imine (C=N–C) groups is 1. The van der Waals surface area contributed by atoms with Crippen molar-refractivity contribution < 1.29 is 5.11 Å². The van der Waals surface area contributed by atoms with Gasteiger partial charge in [-0.3, -0.25) is 9.89 Å². The van der Waals surface area contributed by atoms with E-state index in [4.69, 9.17) is 17.3 Å². The maximum absolute atomic E-state index is 10.5. The molecule has 1 aromatic rings. The van der Waals surface area contributed by atoms with Gasteiger partial charge in [0.1, 0.15) is 6.17 Å². The minimum absolute atomic E-state index is 0.231. The first-order valence-corrected chi connectivity index (χ1v) is 10.2. The molecule has 3 atom stereocenters. The molecule has 0 bridgehead atoms. The number of nitrogens with one attached hydrogen (secondary N) is 1. The molecule has 2 heterocycles. The lowest BCUT2D eigenvalue weighted by atomic mass is 10.1. The Morgan fingerprint density at radius 2 is 2.27 bits per heavy atom. The number of thioether (sulfide) groups is 1. The van der Waals surface area contributed by atoms with Crippen LogP contribution in [0.4, 0.5) is 0 Å². The Kier molecular flexibility index (Phi) is 5.38. The number of aliphatic hydroxyl groups is 1. The Labute approximate surface area is 163 Å². The van der Waals surface area contributed by atoms with Gasteiger partial charge in [0.2, 0.25) is 0 Å². The van der Waals surface area contributed by atoms with E-state index in [9.17, 15) is 5.11 Å². The fourth-order valence-corrected chi connectivity index (χ4v) is 5.12. The summed E-state index contributed by atoms with van der Waals surface area (Å²) in [5.74, 6) is 1.15. The number of nitrogens with zero attached hydrogens (tertiary/aromatic N) is 2. The van der Waals surface area contributed by atoms with Crippen molar-refractivity contribution in [3.8, 4) is 0 Å². The number of β-amino-alcohol motifs (C(OH)–C–C–N with tert-alkyl or cyclic N) is 1. The number of nitrogens with two attached hydrogens (primary N) is 1. The highest BCUT2D eigenvalue weighted by molar-refractivity contribution is 7.99. The lowest BCUT2D eigenvalue weighted by molar-refractivity contribution is 0.151. The lowest BCUT2D eigenvalue weighted by Crippen LogP contribution is -2.32. The molecule has 3 aliphatic rings. The molecule has 26 heavy (non-hydrogen) atoms. The van der Waals surface area contributed by atoms with Crippen LogP contribution in [0.1, 0.15) is 6.42 Å². The lowest BCUT2D eigenvalue weighted by Gasteiger charge is -2.22. The summed E-state index contributed by atoms with van der Waals surface area (Å²) in [5, 5.41) is 14.5. The SMILES string of the molecule is NC1N=CNC2=C1CC=C2CN1CC(O)C(CSc2cccc(Cl)c2)C1. The Bertz CT molecular complexity index is 779. The number of hydrogen-bond acceptors (Lipinski definition) is 6. The second kappa shape index (κ2) is 7.74. The summed E-state index contributed by atoms with van der Waals surface area (Å²) in [4.78, 5) is 7.68. The molecule has 7 heteroatoms. The molecule has 0 radical (unpaired) electrons. The third-order valence-corrected chi connectivity index (χ3v) is 6.57. The zero-order valence-electron chi connectivity index (χ0n) is 14.4. The maximum atomic E-state index is 10.5. The summed E-state index contributed by atoms with van der Waals surface area (Å²) < 4.78 is 0.